The Balaban J connectivity index is 1.87. The number of thioether (sulfide) groups is 1. The molecule has 2 atom stereocenters. The number of carbonyl (C=O) groups excluding carboxylic acids is 2. The summed E-state index contributed by atoms with van der Waals surface area (Å²) in [5.41, 5.74) is 3.26. The SMILES string of the molecule is COc1cc2c(c(OC)c1OC)-c1ccc(NC(CC(C)C)C(=O)N3CCSCC3)c(=O)cc1C(NC(C)=O)CC2. The maximum atomic E-state index is 13.8. The highest BCUT2D eigenvalue weighted by Crippen LogP contribution is 2.50. The third-order valence-corrected chi connectivity index (χ3v) is 8.52. The number of hydrogen-bond acceptors (Lipinski definition) is 8. The summed E-state index contributed by atoms with van der Waals surface area (Å²) in [6, 6.07) is 6.20. The van der Waals surface area contributed by atoms with E-state index in [1.165, 1.54) is 6.92 Å². The molecule has 9 nitrogen and oxygen atoms in total. The van der Waals surface area contributed by atoms with E-state index < -0.39 is 12.1 Å². The molecule has 0 spiro atoms. The Kier molecular flexibility index (Phi) is 10.1. The average Bonchev–Trinajstić information content (AvgIpc) is 3.20. The van der Waals surface area contributed by atoms with Crippen molar-refractivity contribution < 1.29 is 23.8 Å². The molecule has 0 saturated carbocycles. The standard InChI is InChI=1S/C31H41N3O6S/c1-18(2)15-25(31(37)34-11-13-41-14-12-34)33-24-10-8-21-22(17-26(24)36)23(32-19(3)35)9-7-20-16-27(38-4)29(39-5)30(40-6)28(20)21/h8,10,16-18,23,25H,7,9,11-15H2,1-6H3,(H,32,35)(H,33,36). The van der Waals surface area contributed by atoms with E-state index in [0.717, 1.165) is 28.2 Å². The lowest BCUT2D eigenvalue weighted by Crippen LogP contribution is -2.47. The highest BCUT2D eigenvalue weighted by atomic mass is 32.2. The summed E-state index contributed by atoms with van der Waals surface area (Å²) in [4.78, 5) is 41.4. The van der Waals surface area contributed by atoms with Gasteiger partial charge in [-0.2, -0.15) is 11.8 Å². The van der Waals surface area contributed by atoms with Gasteiger partial charge in [0.2, 0.25) is 23.0 Å². The number of methoxy groups -OCH3 is 3. The van der Waals surface area contributed by atoms with Crippen LogP contribution in [0.1, 0.15) is 50.8 Å². The molecule has 2 aromatic rings. The Morgan fingerprint density at radius 1 is 1.05 bits per heavy atom. The maximum absolute atomic E-state index is 13.8. The minimum atomic E-state index is -0.523. The van der Waals surface area contributed by atoms with Crippen LogP contribution in [0, 0.1) is 5.92 Å². The molecule has 1 aliphatic heterocycles. The summed E-state index contributed by atoms with van der Waals surface area (Å²) < 4.78 is 17.1. The number of carbonyl (C=O) groups is 2. The zero-order valence-electron chi connectivity index (χ0n) is 24.8. The van der Waals surface area contributed by atoms with Crippen LogP contribution in [-0.4, -0.2) is 68.7 Å². The minimum absolute atomic E-state index is 0.0199. The fourth-order valence-corrected chi connectivity index (χ4v) is 6.61. The average molecular weight is 584 g/mol. The third-order valence-electron chi connectivity index (χ3n) is 7.57. The van der Waals surface area contributed by atoms with Crippen LogP contribution in [0.3, 0.4) is 0 Å². The number of benzene rings is 1. The molecule has 4 rings (SSSR count). The summed E-state index contributed by atoms with van der Waals surface area (Å²) >= 11 is 1.85. The maximum Gasteiger partial charge on any atom is 0.245 e. The molecule has 41 heavy (non-hydrogen) atoms. The van der Waals surface area contributed by atoms with Crippen LogP contribution in [0.5, 0.6) is 17.2 Å². The lowest BCUT2D eigenvalue weighted by atomic mass is 9.95. The van der Waals surface area contributed by atoms with Crippen LogP contribution in [0.4, 0.5) is 5.69 Å². The van der Waals surface area contributed by atoms with E-state index in [-0.39, 0.29) is 23.2 Å². The van der Waals surface area contributed by atoms with Crippen LogP contribution in [0.2, 0.25) is 0 Å². The van der Waals surface area contributed by atoms with E-state index in [9.17, 15) is 14.4 Å². The predicted octanol–water partition coefficient (Wildman–Crippen LogP) is 4.27. The van der Waals surface area contributed by atoms with Crippen molar-refractivity contribution in [1.29, 1.82) is 0 Å². The summed E-state index contributed by atoms with van der Waals surface area (Å²) in [5.74, 6) is 3.41. The molecule has 1 fully saturated rings. The van der Waals surface area contributed by atoms with Crippen molar-refractivity contribution in [1.82, 2.24) is 10.2 Å². The van der Waals surface area contributed by atoms with Crippen molar-refractivity contribution in [2.45, 2.75) is 52.1 Å². The van der Waals surface area contributed by atoms with Gasteiger partial charge in [-0.15, -0.1) is 0 Å². The smallest absolute Gasteiger partial charge is 0.245 e. The third kappa shape index (κ3) is 6.74. The Labute approximate surface area is 246 Å². The molecule has 2 unspecified atom stereocenters. The highest BCUT2D eigenvalue weighted by Gasteiger charge is 2.31. The van der Waals surface area contributed by atoms with Gasteiger partial charge in [-0.1, -0.05) is 19.9 Å². The van der Waals surface area contributed by atoms with Gasteiger partial charge in [0.15, 0.2) is 11.5 Å². The van der Waals surface area contributed by atoms with Gasteiger partial charge in [0.25, 0.3) is 0 Å². The van der Waals surface area contributed by atoms with Crippen molar-refractivity contribution in [3.8, 4) is 28.4 Å². The molecule has 1 aliphatic carbocycles. The largest absolute Gasteiger partial charge is 0.493 e. The quantitative estimate of drug-likeness (QED) is 0.451. The fraction of sp³-hybridized carbons (Fsp3) is 0.516. The number of nitrogens with zero attached hydrogens (tertiary/aromatic N) is 1. The molecule has 2 aromatic carbocycles. The van der Waals surface area contributed by atoms with Gasteiger partial charge in [-0.3, -0.25) is 14.4 Å². The van der Waals surface area contributed by atoms with Crippen LogP contribution < -0.4 is 30.3 Å². The van der Waals surface area contributed by atoms with Crippen LogP contribution in [0.25, 0.3) is 11.1 Å². The first-order valence-electron chi connectivity index (χ1n) is 14.1. The Hall–Kier alpha value is -3.40. The van der Waals surface area contributed by atoms with Crippen LogP contribution in [-0.2, 0) is 16.0 Å². The van der Waals surface area contributed by atoms with Crippen molar-refractivity contribution in [2.24, 2.45) is 5.92 Å². The first-order valence-corrected chi connectivity index (χ1v) is 15.2. The number of anilines is 1. The second-order valence-electron chi connectivity index (χ2n) is 10.9. The Morgan fingerprint density at radius 2 is 1.76 bits per heavy atom. The summed E-state index contributed by atoms with van der Waals surface area (Å²) in [6.45, 7) is 7.03. The molecule has 10 heteroatoms. The first kappa shape index (κ1) is 30.6. The molecule has 0 bridgehead atoms. The molecule has 2 aliphatic rings. The number of ether oxygens (including phenoxy) is 3. The Morgan fingerprint density at radius 3 is 2.37 bits per heavy atom. The highest BCUT2D eigenvalue weighted by molar-refractivity contribution is 7.99. The zero-order valence-corrected chi connectivity index (χ0v) is 25.6. The second-order valence-corrected chi connectivity index (χ2v) is 12.1. The number of aryl methyl sites for hydroxylation is 1. The van der Waals surface area contributed by atoms with Gasteiger partial charge in [0.05, 0.1) is 33.1 Å². The number of rotatable bonds is 9. The van der Waals surface area contributed by atoms with Gasteiger partial charge in [0.1, 0.15) is 6.04 Å². The molecular weight excluding hydrogens is 542 g/mol. The van der Waals surface area contributed by atoms with Crippen molar-refractivity contribution >= 4 is 29.3 Å². The fourth-order valence-electron chi connectivity index (χ4n) is 5.71. The normalized spacial score (nSPS) is 17.0. The van der Waals surface area contributed by atoms with E-state index in [4.69, 9.17) is 14.2 Å². The topological polar surface area (TPSA) is 106 Å². The van der Waals surface area contributed by atoms with Gasteiger partial charge in [-0.05, 0) is 60.1 Å². The number of hydrogen-bond donors (Lipinski definition) is 2. The van der Waals surface area contributed by atoms with Crippen LogP contribution in [0.15, 0.2) is 29.1 Å². The number of amides is 2. The van der Waals surface area contributed by atoms with Crippen molar-refractivity contribution in [3.63, 3.8) is 0 Å². The van der Waals surface area contributed by atoms with E-state index in [1.807, 2.05) is 28.8 Å². The van der Waals surface area contributed by atoms with E-state index in [1.54, 1.807) is 33.5 Å². The van der Waals surface area contributed by atoms with Gasteiger partial charge >= 0.3 is 0 Å². The zero-order chi connectivity index (χ0) is 29.7. The molecule has 222 valence electrons. The number of nitrogens with one attached hydrogen (secondary N) is 2. The summed E-state index contributed by atoms with van der Waals surface area (Å²) in [6.07, 6.45) is 1.79. The van der Waals surface area contributed by atoms with Crippen molar-refractivity contribution in [2.75, 3.05) is 51.2 Å². The monoisotopic (exact) mass is 583 g/mol. The van der Waals surface area contributed by atoms with Gasteiger partial charge in [0, 0.05) is 37.1 Å². The van der Waals surface area contributed by atoms with E-state index in [2.05, 4.69) is 24.5 Å². The van der Waals surface area contributed by atoms with Gasteiger partial charge in [-0.25, -0.2) is 0 Å². The number of fused-ring (bicyclic) bond motifs is 3. The predicted molar refractivity (Wildman–Crippen MR) is 163 cm³/mol. The molecule has 1 heterocycles. The van der Waals surface area contributed by atoms with Crippen molar-refractivity contribution in [3.05, 3.63) is 45.6 Å². The second kappa shape index (κ2) is 13.5. The lowest BCUT2D eigenvalue weighted by Gasteiger charge is -2.31. The molecular formula is C31H41N3O6S. The van der Waals surface area contributed by atoms with Crippen LogP contribution >= 0.6 is 11.8 Å². The summed E-state index contributed by atoms with van der Waals surface area (Å²) in [7, 11) is 4.71. The molecule has 0 aromatic heterocycles. The molecule has 1 saturated heterocycles. The van der Waals surface area contributed by atoms with E-state index in [0.29, 0.717) is 60.9 Å². The van der Waals surface area contributed by atoms with E-state index >= 15 is 0 Å². The first-order chi connectivity index (χ1) is 19.7. The molecule has 0 radical (unpaired) electrons. The Bertz CT molecular complexity index is 1340. The summed E-state index contributed by atoms with van der Waals surface area (Å²) in [5, 5.41) is 6.34. The minimum Gasteiger partial charge on any atom is -0.493 e. The molecule has 2 N–H and O–H groups in total. The molecule has 2 amide bonds. The lowest BCUT2D eigenvalue weighted by molar-refractivity contribution is -0.132. The van der Waals surface area contributed by atoms with Gasteiger partial charge < -0.3 is 29.7 Å².